The number of carbonyl (C=O) groups excluding carboxylic acids is 1. The summed E-state index contributed by atoms with van der Waals surface area (Å²) in [6, 6.07) is 12.8. The first kappa shape index (κ1) is 25.7. The Morgan fingerprint density at radius 1 is 0.892 bits per heavy atom. The Balaban J connectivity index is 1.36. The third-order valence-corrected chi connectivity index (χ3v) is 5.17. The zero-order chi connectivity index (χ0) is 26.8. The number of aromatic nitrogens is 4. The number of alkyl halides is 6. The van der Waals surface area contributed by atoms with E-state index in [1.54, 1.807) is 24.3 Å². The normalized spacial score (nSPS) is 12.7. The summed E-state index contributed by atoms with van der Waals surface area (Å²) >= 11 is 0. The molecular weight excluding hydrogens is 504 g/mol. The number of rotatable bonds is 5. The van der Waals surface area contributed by atoms with Crippen molar-refractivity contribution in [2.24, 2.45) is 0 Å². The first-order valence-electron chi connectivity index (χ1n) is 10.6. The fraction of sp³-hybridized carbons (Fsp3) is 0.167. The molecule has 0 spiro atoms. The van der Waals surface area contributed by atoms with Crippen molar-refractivity contribution in [3.05, 3.63) is 90.0 Å². The van der Waals surface area contributed by atoms with E-state index in [4.69, 9.17) is 4.74 Å². The van der Waals surface area contributed by atoms with Crippen LogP contribution in [0.5, 0.6) is 0 Å². The quantitative estimate of drug-likeness (QED) is 0.297. The number of anilines is 1. The summed E-state index contributed by atoms with van der Waals surface area (Å²) in [5.41, 5.74) is -0.198. The molecule has 4 aromatic rings. The molecule has 0 saturated carbocycles. The third kappa shape index (κ3) is 6.23. The predicted molar refractivity (Wildman–Crippen MR) is 120 cm³/mol. The van der Waals surface area contributed by atoms with Crippen molar-refractivity contribution in [2.45, 2.75) is 25.4 Å². The maximum absolute atomic E-state index is 12.7. The topological polar surface area (TPSA) is 81.9 Å². The molecule has 7 nitrogen and oxygen atoms in total. The summed E-state index contributed by atoms with van der Waals surface area (Å²) in [5.74, 6) is 0.303. The number of hydrogen-bond acceptors (Lipinski definition) is 5. The molecule has 0 fully saturated rings. The van der Waals surface area contributed by atoms with Gasteiger partial charge in [0.1, 0.15) is 18.1 Å². The molecular formula is C24H17F6N5O2. The maximum atomic E-state index is 12.7. The van der Waals surface area contributed by atoms with Gasteiger partial charge in [0.2, 0.25) is 0 Å². The minimum absolute atomic E-state index is 0.285. The van der Waals surface area contributed by atoms with Crippen LogP contribution in [0.25, 0.3) is 17.1 Å². The number of benzene rings is 2. The van der Waals surface area contributed by atoms with Gasteiger partial charge in [-0.15, -0.1) is 5.10 Å². The Labute approximate surface area is 205 Å². The number of carbonyl (C=O) groups is 1. The maximum Gasteiger partial charge on any atom is 0.433 e. The van der Waals surface area contributed by atoms with Crippen molar-refractivity contribution < 1.29 is 35.9 Å². The van der Waals surface area contributed by atoms with Gasteiger partial charge in [-0.25, -0.2) is 14.5 Å². The number of hydrogen-bond donors (Lipinski definition) is 1. The summed E-state index contributed by atoms with van der Waals surface area (Å²) in [4.78, 5) is 19.7. The number of ether oxygens (including phenoxy) is 1. The number of amides is 1. The van der Waals surface area contributed by atoms with Crippen molar-refractivity contribution in [3.8, 4) is 17.1 Å². The van der Waals surface area contributed by atoms with Gasteiger partial charge >= 0.3 is 18.4 Å². The highest BCUT2D eigenvalue weighted by atomic mass is 19.4. The summed E-state index contributed by atoms with van der Waals surface area (Å²) in [5, 5.41) is 6.77. The Bertz CT molecular complexity index is 1370. The van der Waals surface area contributed by atoms with E-state index in [0.717, 1.165) is 24.4 Å². The van der Waals surface area contributed by atoms with Crippen LogP contribution < -0.4 is 5.32 Å². The molecule has 4 rings (SSSR count). The highest BCUT2D eigenvalue weighted by Gasteiger charge is 2.32. The average molecular weight is 521 g/mol. The van der Waals surface area contributed by atoms with Crippen LogP contribution in [0.15, 0.2) is 73.2 Å². The Morgan fingerprint density at radius 2 is 1.57 bits per heavy atom. The number of halogens is 6. The molecule has 1 N–H and O–H groups in total. The number of nitrogens with one attached hydrogen (secondary N) is 1. The van der Waals surface area contributed by atoms with E-state index in [-0.39, 0.29) is 5.56 Å². The molecule has 0 aliphatic carbocycles. The smallest absolute Gasteiger partial charge is 0.433 e. The van der Waals surface area contributed by atoms with Gasteiger partial charge in [0.05, 0.1) is 11.3 Å². The molecule has 1 amide bonds. The van der Waals surface area contributed by atoms with Gasteiger partial charge in [-0.2, -0.15) is 26.3 Å². The third-order valence-electron chi connectivity index (χ3n) is 5.17. The zero-order valence-electron chi connectivity index (χ0n) is 18.9. The highest BCUT2D eigenvalue weighted by Crippen LogP contribution is 2.30. The van der Waals surface area contributed by atoms with E-state index < -0.39 is 35.8 Å². The second-order valence-electron chi connectivity index (χ2n) is 7.78. The van der Waals surface area contributed by atoms with E-state index in [0.29, 0.717) is 22.8 Å². The SMILES string of the molecule is CC(OC(=O)Nc1ccc(-c2ncn(-c3ccc(C(F)(F)F)cc3)n2)cc1)c1ccc(C(F)(F)F)nc1. The van der Waals surface area contributed by atoms with Crippen LogP contribution in [0.1, 0.15) is 29.8 Å². The lowest BCUT2D eigenvalue weighted by molar-refractivity contribution is -0.141. The Morgan fingerprint density at radius 3 is 2.14 bits per heavy atom. The summed E-state index contributed by atoms with van der Waals surface area (Å²) < 4.78 is 82.7. The van der Waals surface area contributed by atoms with Gasteiger partial charge in [0, 0.05) is 23.0 Å². The van der Waals surface area contributed by atoms with Gasteiger partial charge < -0.3 is 4.74 Å². The van der Waals surface area contributed by atoms with Crippen molar-refractivity contribution in [1.29, 1.82) is 0 Å². The highest BCUT2D eigenvalue weighted by molar-refractivity contribution is 5.85. The molecule has 2 aromatic carbocycles. The first-order chi connectivity index (χ1) is 17.4. The molecule has 13 heteroatoms. The summed E-state index contributed by atoms with van der Waals surface area (Å²) in [6.07, 6.45) is -8.34. The fourth-order valence-electron chi connectivity index (χ4n) is 3.21. The Hall–Kier alpha value is -4.42. The summed E-state index contributed by atoms with van der Waals surface area (Å²) in [6.45, 7) is 1.49. The van der Waals surface area contributed by atoms with E-state index >= 15 is 0 Å². The molecule has 2 heterocycles. The molecule has 0 aliphatic rings. The van der Waals surface area contributed by atoms with E-state index in [1.165, 1.54) is 36.1 Å². The second kappa shape index (κ2) is 9.91. The molecule has 0 bridgehead atoms. The lowest BCUT2D eigenvalue weighted by atomic mass is 10.2. The van der Waals surface area contributed by atoms with Crippen LogP contribution in [0.2, 0.25) is 0 Å². The van der Waals surface area contributed by atoms with Crippen LogP contribution in [0, 0.1) is 0 Å². The van der Waals surface area contributed by atoms with Crippen molar-refractivity contribution in [1.82, 2.24) is 19.7 Å². The van der Waals surface area contributed by atoms with Gasteiger partial charge in [-0.3, -0.25) is 10.3 Å². The Kier molecular flexibility index (Phi) is 6.88. The van der Waals surface area contributed by atoms with Crippen LogP contribution in [0.3, 0.4) is 0 Å². The van der Waals surface area contributed by atoms with Crippen LogP contribution in [-0.2, 0) is 17.1 Å². The lowest BCUT2D eigenvalue weighted by Crippen LogP contribution is -2.16. The number of pyridine rings is 1. The lowest BCUT2D eigenvalue weighted by Gasteiger charge is -2.15. The van der Waals surface area contributed by atoms with E-state index in [2.05, 4.69) is 20.4 Å². The minimum atomic E-state index is -4.57. The molecule has 2 aromatic heterocycles. The largest absolute Gasteiger partial charge is 0.441 e. The van der Waals surface area contributed by atoms with Gasteiger partial charge in [-0.1, -0.05) is 6.07 Å². The van der Waals surface area contributed by atoms with Gasteiger partial charge in [0.25, 0.3) is 0 Å². The van der Waals surface area contributed by atoms with E-state index in [1.807, 2.05) is 0 Å². The predicted octanol–water partition coefficient (Wildman–Crippen LogP) is 6.68. The standard InChI is InChI=1S/C24H17F6N5O2/c1-14(16-4-11-20(31-12-16)24(28,29)30)37-22(36)33-18-7-2-15(3-8-18)21-32-13-35(34-21)19-9-5-17(6-10-19)23(25,26)27/h2-14H,1H3,(H,33,36). The summed E-state index contributed by atoms with van der Waals surface area (Å²) in [7, 11) is 0. The zero-order valence-corrected chi connectivity index (χ0v) is 18.9. The molecule has 0 radical (unpaired) electrons. The number of nitrogens with zero attached hydrogens (tertiary/aromatic N) is 4. The monoisotopic (exact) mass is 521 g/mol. The van der Waals surface area contributed by atoms with Crippen molar-refractivity contribution in [3.63, 3.8) is 0 Å². The minimum Gasteiger partial charge on any atom is -0.441 e. The molecule has 192 valence electrons. The van der Waals surface area contributed by atoms with Crippen molar-refractivity contribution in [2.75, 3.05) is 5.32 Å². The van der Waals surface area contributed by atoms with Gasteiger partial charge in [0.15, 0.2) is 5.82 Å². The first-order valence-corrected chi connectivity index (χ1v) is 10.6. The van der Waals surface area contributed by atoms with Gasteiger partial charge in [-0.05, 0) is 61.5 Å². The van der Waals surface area contributed by atoms with E-state index in [9.17, 15) is 31.1 Å². The second-order valence-corrected chi connectivity index (χ2v) is 7.78. The molecule has 1 unspecified atom stereocenters. The molecule has 1 atom stereocenters. The van der Waals surface area contributed by atoms with Crippen LogP contribution in [0.4, 0.5) is 36.8 Å². The molecule has 0 aliphatic heterocycles. The van der Waals surface area contributed by atoms with Crippen molar-refractivity contribution >= 4 is 11.8 Å². The molecule has 0 saturated heterocycles. The van der Waals surface area contributed by atoms with Crippen LogP contribution in [-0.4, -0.2) is 25.8 Å². The van der Waals surface area contributed by atoms with Crippen LogP contribution >= 0.6 is 0 Å². The molecule has 37 heavy (non-hydrogen) atoms. The average Bonchev–Trinajstić information content (AvgIpc) is 3.34. The fourth-order valence-corrected chi connectivity index (χ4v) is 3.21.